The van der Waals surface area contributed by atoms with Gasteiger partial charge in [-0.2, -0.15) is 0 Å². The molecule has 1 aromatic carbocycles. The van der Waals surface area contributed by atoms with Gasteiger partial charge >= 0.3 is 5.97 Å². The molecule has 7 heteroatoms. The lowest BCUT2D eigenvalue weighted by Crippen LogP contribution is -2.03. The molecular formula is C8H5ClINO4. The molecule has 0 aliphatic heterocycles. The van der Waals surface area contributed by atoms with E-state index in [1.54, 1.807) is 0 Å². The number of methoxy groups -OCH3 is 1. The standard InChI is InChI=1S/C8H5ClINO4/c1-15-8(12)4-2-5(10)7(9)6(3-4)11(13)14/h2-3H,1H3. The Balaban J connectivity index is 3.35. The SMILES string of the molecule is COC(=O)c1cc(I)c(Cl)c([N+](=O)[O-])c1. The highest BCUT2D eigenvalue weighted by molar-refractivity contribution is 14.1. The van der Waals surface area contributed by atoms with Gasteiger partial charge in [0.1, 0.15) is 5.02 Å². The van der Waals surface area contributed by atoms with E-state index in [1.165, 1.54) is 13.2 Å². The predicted octanol–water partition coefficient (Wildman–Crippen LogP) is 2.64. The van der Waals surface area contributed by atoms with Crippen LogP contribution in [-0.2, 0) is 4.74 Å². The Bertz CT molecular complexity index is 435. The topological polar surface area (TPSA) is 69.4 Å². The van der Waals surface area contributed by atoms with E-state index in [0.717, 1.165) is 6.07 Å². The zero-order valence-corrected chi connectivity index (χ0v) is 10.4. The first-order valence-electron chi connectivity index (χ1n) is 3.69. The molecule has 0 radical (unpaired) electrons. The zero-order chi connectivity index (χ0) is 11.6. The Labute approximate surface area is 104 Å². The van der Waals surface area contributed by atoms with Crippen molar-refractivity contribution in [3.63, 3.8) is 0 Å². The van der Waals surface area contributed by atoms with Gasteiger partial charge in [0, 0.05) is 9.64 Å². The summed E-state index contributed by atoms with van der Waals surface area (Å²) in [5.41, 5.74) is -0.193. The Morgan fingerprint density at radius 3 is 2.67 bits per heavy atom. The van der Waals surface area contributed by atoms with Crippen molar-refractivity contribution in [1.82, 2.24) is 0 Å². The summed E-state index contributed by atoms with van der Waals surface area (Å²) in [7, 11) is 1.20. The first kappa shape index (κ1) is 12.2. The lowest BCUT2D eigenvalue weighted by atomic mass is 10.2. The molecule has 1 rings (SSSR count). The van der Waals surface area contributed by atoms with Gasteiger partial charge in [-0.1, -0.05) is 11.6 Å². The number of carbonyl (C=O) groups excluding carboxylic acids is 1. The molecular weight excluding hydrogens is 336 g/mol. The van der Waals surface area contributed by atoms with Crippen molar-refractivity contribution in [2.45, 2.75) is 0 Å². The molecule has 0 fully saturated rings. The van der Waals surface area contributed by atoms with E-state index in [-0.39, 0.29) is 16.3 Å². The van der Waals surface area contributed by atoms with E-state index < -0.39 is 10.9 Å². The van der Waals surface area contributed by atoms with Crippen LogP contribution in [0.5, 0.6) is 0 Å². The van der Waals surface area contributed by atoms with Gasteiger partial charge in [0.25, 0.3) is 5.69 Å². The van der Waals surface area contributed by atoms with Crippen molar-refractivity contribution in [2.24, 2.45) is 0 Å². The van der Waals surface area contributed by atoms with Gasteiger partial charge in [0.2, 0.25) is 0 Å². The summed E-state index contributed by atoms with van der Waals surface area (Å²) < 4.78 is 4.89. The smallest absolute Gasteiger partial charge is 0.338 e. The highest BCUT2D eigenvalue weighted by Crippen LogP contribution is 2.30. The van der Waals surface area contributed by atoms with Crippen molar-refractivity contribution in [2.75, 3.05) is 7.11 Å². The van der Waals surface area contributed by atoms with E-state index in [2.05, 4.69) is 4.74 Å². The van der Waals surface area contributed by atoms with Crippen LogP contribution in [0.4, 0.5) is 5.69 Å². The number of nitro groups is 1. The molecule has 1 aromatic rings. The third-order valence-corrected chi connectivity index (χ3v) is 3.19. The van der Waals surface area contributed by atoms with E-state index >= 15 is 0 Å². The van der Waals surface area contributed by atoms with E-state index in [1.807, 2.05) is 22.6 Å². The molecule has 0 spiro atoms. The first-order chi connectivity index (χ1) is 6.97. The molecule has 0 aliphatic carbocycles. The van der Waals surface area contributed by atoms with Crippen LogP contribution in [0.15, 0.2) is 12.1 Å². The Kier molecular flexibility index (Phi) is 3.86. The van der Waals surface area contributed by atoms with Crippen LogP contribution in [0.3, 0.4) is 0 Å². The van der Waals surface area contributed by atoms with Crippen molar-refractivity contribution in [3.8, 4) is 0 Å². The summed E-state index contributed by atoms with van der Waals surface area (Å²) in [6.07, 6.45) is 0. The number of rotatable bonds is 2. The lowest BCUT2D eigenvalue weighted by molar-refractivity contribution is -0.384. The second-order valence-electron chi connectivity index (χ2n) is 2.54. The maximum Gasteiger partial charge on any atom is 0.338 e. The Hall–Kier alpha value is -0.890. The van der Waals surface area contributed by atoms with Crippen LogP contribution in [0.25, 0.3) is 0 Å². The van der Waals surface area contributed by atoms with Gasteiger partial charge in [-0.05, 0) is 28.7 Å². The number of benzene rings is 1. The van der Waals surface area contributed by atoms with E-state index in [4.69, 9.17) is 11.6 Å². The molecule has 0 aromatic heterocycles. The van der Waals surface area contributed by atoms with E-state index in [0.29, 0.717) is 3.57 Å². The zero-order valence-electron chi connectivity index (χ0n) is 7.49. The third-order valence-electron chi connectivity index (χ3n) is 1.63. The van der Waals surface area contributed by atoms with E-state index in [9.17, 15) is 14.9 Å². The Morgan fingerprint density at radius 1 is 1.60 bits per heavy atom. The van der Waals surface area contributed by atoms with Crippen LogP contribution >= 0.6 is 34.2 Å². The number of ether oxygens (including phenoxy) is 1. The second kappa shape index (κ2) is 4.75. The fraction of sp³-hybridized carbons (Fsp3) is 0.125. The molecule has 0 aliphatic rings. The molecule has 0 unspecified atom stereocenters. The number of esters is 1. The maximum atomic E-state index is 11.2. The molecule has 0 amide bonds. The quantitative estimate of drug-likeness (QED) is 0.359. The van der Waals surface area contributed by atoms with Gasteiger partial charge in [0.05, 0.1) is 17.6 Å². The van der Waals surface area contributed by atoms with Gasteiger partial charge in [-0.15, -0.1) is 0 Å². The molecule has 0 N–H and O–H groups in total. The van der Waals surface area contributed by atoms with Crippen LogP contribution in [0.2, 0.25) is 5.02 Å². The monoisotopic (exact) mass is 341 g/mol. The molecule has 0 bridgehead atoms. The number of nitro benzene ring substituents is 1. The second-order valence-corrected chi connectivity index (χ2v) is 4.08. The van der Waals surface area contributed by atoms with Crippen molar-refractivity contribution in [1.29, 1.82) is 0 Å². The number of carbonyl (C=O) groups is 1. The van der Waals surface area contributed by atoms with Crippen LogP contribution in [-0.4, -0.2) is 18.0 Å². The summed E-state index contributed by atoms with van der Waals surface area (Å²) in [6.45, 7) is 0. The molecule has 0 heterocycles. The summed E-state index contributed by atoms with van der Waals surface area (Å²) in [4.78, 5) is 21.1. The largest absolute Gasteiger partial charge is 0.465 e. The maximum absolute atomic E-state index is 11.2. The minimum atomic E-state index is -0.642. The molecule has 15 heavy (non-hydrogen) atoms. The summed E-state index contributed by atoms with van der Waals surface area (Å²) >= 11 is 7.52. The summed E-state index contributed by atoms with van der Waals surface area (Å²) in [6, 6.07) is 2.53. The van der Waals surface area contributed by atoms with Crippen LogP contribution < -0.4 is 0 Å². The first-order valence-corrected chi connectivity index (χ1v) is 5.14. The van der Waals surface area contributed by atoms with Gasteiger partial charge in [-0.25, -0.2) is 4.79 Å². The fourth-order valence-corrected chi connectivity index (χ4v) is 1.73. The molecule has 0 saturated carbocycles. The highest BCUT2D eigenvalue weighted by atomic mass is 127. The van der Waals surface area contributed by atoms with Gasteiger partial charge < -0.3 is 4.74 Å². The molecule has 80 valence electrons. The lowest BCUT2D eigenvalue weighted by Gasteiger charge is -2.02. The number of hydrogen-bond donors (Lipinski definition) is 0. The summed E-state index contributed by atoms with van der Waals surface area (Å²) in [5, 5.41) is 10.6. The van der Waals surface area contributed by atoms with Crippen LogP contribution in [0, 0.1) is 13.7 Å². The summed E-state index contributed by atoms with van der Waals surface area (Å²) in [5.74, 6) is -0.632. The molecule has 5 nitrogen and oxygen atoms in total. The average molecular weight is 341 g/mol. The molecule has 0 saturated heterocycles. The molecule has 0 atom stereocenters. The number of hydrogen-bond acceptors (Lipinski definition) is 4. The third kappa shape index (κ3) is 2.57. The van der Waals surface area contributed by atoms with Crippen molar-refractivity contribution >= 4 is 45.8 Å². The van der Waals surface area contributed by atoms with Gasteiger partial charge in [-0.3, -0.25) is 10.1 Å². The van der Waals surface area contributed by atoms with Crippen LogP contribution in [0.1, 0.15) is 10.4 Å². The highest BCUT2D eigenvalue weighted by Gasteiger charge is 2.19. The number of halogens is 2. The van der Waals surface area contributed by atoms with Gasteiger partial charge in [0.15, 0.2) is 0 Å². The minimum absolute atomic E-state index is 0.0215. The normalized spacial score (nSPS) is 9.80. The van der Waals surface area contributed by atoms with Crippen molar-refractivity contribution < 1.29 is 14.5 Å². The Morgan fingerprint density at radius 2 is 2.20 bits per heavy atom. The van der Waals surface area contributed by atoms with Crippen molar-refractivity contribution in [3.05, 3.63) is 36.4 Å². The average Bonchev–Trinajstić information content (AvgIpc) is 2.20. The fourth-order valence-electron chi connectivity index (χ4n) is 0.943. The number of nitrogens with zero attached hydrogens (tertiary/aromatic N) is 1. The predicted molar refractivity (Wildman–Crippen MR) is 62.2 cm³/mol. The minimum Gasteiger partial charge on any atom is -0.465 e.